The van der Waals surface area contributed by atoms with Gasteiger partial charge in [0, 0.05) is 16.9 Å². The lowest BCUT2D eigenvalue weighted by Gasteiger charge is -2.38. The molecule has 0 saturated carbocycles. The van der Waals surface area contributed by atoms with E-state index >= 15 is 0 Å². The standard InChI is InChI=1S/C35H38N2O2/c1-25-16-19-32-29(22-25)24-31(34(36-32)39-4)33(27-13-6-5-7-14-27)35(38,20-10-11-21-37(2)3)30-18-17-26-12-8-9-15-28(26)23-30/h5-9,12-19,22-24,33,38H,10-11,20-21H2,1-4H3. The summed E-state index contributed by atoms with van der Waals surface area (Å²) in [6, 6.07) is 33.4. The minimum atomic E-state index is -1.19. The third-order valence-corrected chi connectivity index (χ3v) is 7.74. The Kier molecular flexibility index (Phi) is 7.97. The quantitative estimate of drug-likeness (QED) is 0.195. The number of hydrogen-bond donors (Lipinski definition) is 1. The summed E-state index contributed by atoms with van der Waals surface area (Å²) in [6.45, 7) is 3.07. The fourth-order valence-corrected chi connectivity index (χ4v) is 5.76. The molecule has 39 heavy (non-hydrogen) atoms. The van der Waals surface area contributed by atoms with Crippen LogP contribution in [-0.4, -0.2) is 42.7 Å². The molecule has 0 aliphatic carbocycles. The Balaban J connectivity index is 1.74. The highest BCUT2D eigenvalue weighted by Crippen LogP contribution is 2.48. The lowest BCUT2D eigenvalue weighted by molar-refractivity contribution is 0.00690. The zero-order valence-electron chi connectivity index (χ0n) is 23.4. The molecule has 0 amide bonds. The van der Waals surface area contributed by atoms with Crippen LogP contribution >= 0.6 is 0 Å². The van der Waals surface area contributed by atoms with Crippen LogP contribution < -0.4 is 4.74 Å². The average Bonchev–Trinajstić information content (AvgIpc) is 2.95. The SMILES string of the molecule is COc1nc2ccc(C)cc2cc1C(c1ccccc1)C(O)(CCCCN(C)C)c1ccc2ccccc2c1. The number of aromatic nitrogens is 1. The van der Waals surface area contributed by atoms with Gasteiger partial charge >= 0.3 is 0 Å². The maximum atomic E-state index is 13.0. The molecule has 4 heteroatoms. The van der Waals surface area contributed by atoms with Crippen LogP contribution in [0.1, 0.15) is 47.4 Å². The summed E-state index contributed by atoms with van der Waals surface area (Å²) in [4.78, 5) is 7.11. The van der Waals surface area contributed by atoms with Crippen molar-refractivity contribution < 1.29 is 9.84 Å². The molecule has 0 aliphatic rings. The molecule has 200 valence electrons. The number of nitrogens with zero attached hydrogens (tertiary/aromatic N) is 2. The molecule has 1 aromatic heterocycles. The van der Waals surface area contributed by atoms with Crippen molar-refractivity contribution in [3.8, 4) is 5.88 Å². The zero-order valence-corrected chi connectivity index (χ0v) is 23.4. The van der Waals surface area contributed by atoms with E-state index in [1.165, 1.54) is 5.56 Å². The van der Waals surface area contributed by atoms with Gasteiger partial charge in [0.05, 0.1) is 12.6 Å². The number of unbranched alkanes of at least 4 members (excludes halogenated alkanes) is 1. The molecule has 0 aliphatic heterocycles. The smallest absolute Gasteiger partial charge is 0.217 e. The molecule has 1 N–H and O–H groups in total. The molecular formula is C35H38N2O2. The van der Waals surface area contributed by atoms with Gasteiger partial charge in [-0.3, -0.25) is 0 Å². The van der Waals surface area contributed by atoms with Crippen LogP contribution in [0.2, 0.25) is 0 Å². The highest BCUT2D eigenvalue weighted by molar-refractivity contribution is 5.84. The Morgan fingerprint density at radius 3 is 2.31 bits per heavy atom. The molecule has 5 aromatic rings. The Hall–Kier alpha value is -3.73. The van der Waals surface area contributed by atoms with Gasteiger partial charge in [0.1, 0.15) is 5.60 Å². The van der Waals surface area contributed by atoms with Crippen molar-refractivity contribution in [2.75, 3.05) is 27.7 Å². The number of hydrogen-bond acceptors (Lipinski definition) is 4. The van der Waals surface area contributed by atoms with Crippen LogP contribution in [0.3, 0.4) is 0 Å². The first kappa shape index (κ1) is 26.9. The summed E-state index contributed by atoms with van der Waals surface area (Å²) in [5, 5.41) is 16.3. The normalized spacial score (nSPS) is 14.0. The number of fused-ring (bicyclic) bond motifs is 2. The zero-order chi connectivity index (χ0) is 27.4. The molecular weight excluding hydrogens is 480 g/mol. The fraction of sp³-hybridized carbons (Fsp3) is 0.286. The van der Waals surface area contributed by atoms with Gasteiger partial charge in [0.2, 0.25) is 5.88 Å². The van der Waals surface area contributed by atoms with Crippen LogP contribution in [0.5, 0.6) is 5.88 Å². The fourth-order valence-electron chi connectivity index (χ4n) is 5.76. The van der Waals surface area contributed by atoms with Gasteiger partial charge < -0.3 is 14.7 Å². The monoisotopic (exact) mass is 518 g/mol. The van der Waals surface area contributed by atoms with Gasteiger partial charge in [-0.1, -0.05) is 78.4 Å². The van der Waals surface area contributed by atoms with E-state index in [4.69, 9.17) is 9.72 Å². The number of methoxy groups -OCH3 is 1. The third-order valence-electron chi connectivity index (χ3n) is 7.74. The van der Waals surface area contributed by atoms with Crippen molar-refractivity contribution in [3.63, 3.8) is 0 Å². The van der Waals surface area contributed by atoms with Crippen LogP contribution in [-0.2, 0) is 5.60 Å². The van der Waals surface area contributed by atoms with E-state index in [1.807, 2.05) is 24.3 Å². The maximum Gasteiger partial charge on any atom is 0.217 e. The highest BCUT2D eigenvalue weighted by atomic mass is 16.5. The molecule has 0 saturated heterocycles. The molecule has 0 spiro atoms. The number of benzene rings is 4. The number of aliphatic hydroxyl groups is 1. The highest BCUT2D eigenvalue weighted by Gasteiger charge is 2.42. The van der Waals surface area contributed by atoms with Crippen LogP contribution in [0.25, 0.3) is 21.7 Å². The van der Waals surface area contributed by atoms with Crippen molar-refractivity contribution in [1.29, 1.82) is 0 Å². The Morgan fingerprint density at radius 2 is 1.56 bits per heavy atom. The third kappa shape index (κ3) is 5.68. The van der Waals surface area contributed by atoms with E-state index < -0.39 is 5.60 Å². The van der Waals surface area contributed by atoms with E-state index in [9.17, 15) is 5.11 Å². The Bertz CT molecular complexity index is 1560. The maximum absolute atomic E-state index is 13.0. The summed E-state index contributed by atoms with van der Waals surface area (Å²) >= 11 is 0. The molecule has 1 heterocycles. The van der Waals surface area contributed by atoms with Gasteiger partial charge in [-0.15, -0.1) is 0 Å². The Labute approximate surface area is 231 Å². The van der Waals surface area contributed by atoms with Crippen molar-refractivity contribution in [1.82, 2.24) is 9.88 Å². The predicted molar refractivity (Wildman–Crippen MR) is 162 cm³/mol. The lowest BCUT2D eigenvalue weighted by Crippen LogP contribution is -2.35. The number of ether oxygens (including phenoxy) is 1. The molecule has 0 fully saturated rings. The van der Waals surface area contributed by atoms with Crippen molar-refractivity contribution in [2.45, 2.75) is 37.7 Å². The van der Waals surface area contributed by atoms with Crippen molar-refractivity contribution in [3.05, 3.63) is 119 Å². The predicted octanol–water partition coefficient (Wildman–Crippen LogP) is 7.46. The van der Waals surface area contributed by atoms with Gasteiger partial charge in [0.15, 0.2) is 0 Å². The van der Waals surface area contributed by atoms with Gasteiger partial charge in [-0.2, -0.15) is 0 Å². The first-order valence-corrected chi connectivity index (χ1v) is 13.8. The number of pyridine rings is 1. The average molecular weight is 519 g/mol. The van der Waals surface area contributed by atoms with Gasteiger partial charge in [-0.25, -0.2) is 4.98 Å². The van der Waals surface area contributed by atoms with Crippen LogP contribution in [0, 0.1) is 6.92 Å². The minimum absolute atomic E-state index is 0.383. The summed E-state index contributed by atoms with van der Waals surface area (Å²) < 4.78 is 5.92. The van der Waals surface area contributed by atoms with E-state index in [-0.39, 0.29) is 5.92 Å². The molecule has 0 radical (unpaired) electrons. The second-order valence-electron chi connectivity index (χ2n) is 10.9. The molecule has 4 aromatic carbocycles. The first-order valence-electron chi connectivity index (χ1n) is 13.8. The second kappa shape index (κ2) is 11.6. The van der Waals surface area contributed by atoms with Crippen LogP contribution in [0.15, 0.2) is 97.1 Å². The Morgan fingerprint density at radius 1 is 0.821 bits per heavy atom. The van der Waals surface area contributed by atoms with E-state index in [0.717, 1.165) is 57.8 Å². The molecule has 0 bridgehead atoms. The van der Waals surface area contributed by atoms with Gasteiger partial charge in [-0.05, 0) is 93.0 Å². The van der Waals surface area contributed by atoms with Crippen molar-refractivity contribution in [2.24, 2.45) is 0 Å². The van der Waals surface area contributed by atoms with Crippen LogP contribution in [0.4, 0.5) is 0 Å². The number of rotatable bonds is 10. The lowest BCUT2D eigenvalue weighted by atomic mass is 9.71. The summed E-state index contributed by atoms with van der Waals surface area (Å²) in [6.07, 6.45) is 2.48. The van der Waals surface area contributed by atoms with E-state index in [1.54, 1.807) is 7.11 Å². The van der Waals surface area contributed by atoms with E-state index in [2.05, 4.69) is 98.7 Å². The topological polar surface area (TPSA) is 45.6 Å². The van der Waals surface area contributed by atoms with Gasteiger partial charge in [0.25, 0.3) is 0 Å². The summed E-state index contributed by atoms with van der Waals surface area (Å²) in [7, 11) is 5.85. The first-order chi connectivity index (χ1) is 18.9. The summed E-state index contributed by atoms with van der Waals surface area (Å²) in [5.74, 6) is 0.166. The molecule has 2 unspecified atom stereocenters. The molecule has 2 atom stereocenters. The largest absolute Gasteiger partial charge is 0.481 e. The summed E-state index contributed by atoms with van der Waals surface area (Å²) in [5.41, 5.74) is 3.70. The van der Waals surface area contributed by atoms with Crippen molar-refractivity contribution >= 4 is 21.7 Å². The molecule has 5 rings (SSSR count). The van der Waals surface area contributed by atoms with E-state index in [0.29, 0.717) is 12.3 Å². The second-order valence-corrected chi connectivity index (χ2v) is 10.9. The number of aryl methyl sites for hydroxylation is 1. The molecule has 4 nitrogen and oxygen atoms in total. The minimum Gasteiger partial charge on any atom is -0.481 e.